The van der Waals surface area contributed by atoms with Crippen molar-refractivity contribution in [2.75, 3.05) is 14.1 Å². The summed E-state index contributed by atoms with van der Waals surface area (Å²) in [5.74, 6) is 0.980. The monoisotopic (exact) mass is 251 g/mol. The Kier molecular flexibility index (Phi) is 3.41. The Balaban J connectivity index is 0.000000111. The molecule has 4 bridgehead atoms. The average Bonchev–Trinajstić information content (AvgIpc) is 3.02. The van der Waals surface area contributed by atoms with Crippen molar-refractivity contribution in [3.63, 3.8) is 0 Å². The van der Waals surface area contributed by atoms with Crippen LogP contribution in [0.2, 0.25) is 0 Å². The van der Waals surface area contributed by atoms with Gasteiger partial charge in [0.2, 0.25) is 0 Å². The largest absolute Gasteiger partial charge is 0.326 e. The fourth-order valence-electron chi connectivity index (χ4n) is 4.91. The van der Waals surface area contributed by atoms with Gasteiger partial charge < -0.3 is 10.6 Å². The highest BCUT2D eigenvalue weighted by Gasteiger charge is 2.42. The first-order chi connectivity index (χ1) is 8.58. The zero-order valence-electron chi connectivity index (χ0n) is 12.2. The van der Waals surface area contributed by atoms with Crippen LogP contribution in [-0.2, 0) is 0 Å². The van der Waals surface area contributed by atoms with Gasteiger partial charge in [-0.3, -0.25) is 4.90 Å². The highest BCUT2D eigenvalue weighted by atomic mass is 15.2. The minimum Gasteiger partial charge on any atom is -0.326 e. The summed E-state index contributed by atoms with van der Waals surface area (Å²) in [7, 11) is 4.49. The van der Waals surface area contributed by atoms with Crippen LogP contribution in [0.15, 0.2) is 0 Å². The molecule has 4 aliphatic heterocycles. The van der Waals surface area contributed by atoms with Gasteiger partial charge in [0.1, 0.15) is 0 Å². The summed E-state index contributed by atoms with van der Waals surface area (Å²) in [6.45, 7) is 2.39. The van der Waals surface area contributed by atoms with Crippen molar-refractivity contribution in [1.29, 1.82) is 0 Å². The molecule has 0 unspecified atom stereocenters. The van der Waals surface area contributed by atoms with Crippen molar-refractivity contribution in [2.45, 2.75) is 75.7 Å². The van der Waals surface area contributed by atoms with E-state index in [1.807, 2.05) is 0 Å². The minimum absolute atomic E-state index is 0.480. The second-order valence-electron chi connectivity index (χ2n) is 7.04. The first-order valence-corrected chi connectivity index (χ1v) is 7.77. The molecule has 0 saturated carbocycles. The van der Waals surface area contributed by atoms with E-state index in [0.29, 0.717) is 6.04 Å². The second kappa shape index (κ2) is 4.77. The van der Waals surface area contributed by atoms with Gasteiger partial charge in [-0.2, -0.15) is 0 Å². The fourth-order valence-corrected chi connectivity index (χ4v) is 4.91. The molecule has 2 N–H and O–H groups in total. The third-order valence-corrected chi connectivity index (χ3v) is 6.13. The zero-order chi connectivity index (χ0) is 12.9. The predicted octanol–water partition coefficient (Wildman–Crippen LogP) is 1.67. The Morgan fingerprint density at radius 2 is 1.39 bits per heavy atom. The van der Waals surface area contributed by atoms with Crippen molar-refractivity contribution in [2.24, 2.45) is 11.7 Å². The lowest BCUT2D eigenvalue weighted by Gasteiger charge is -2.16. The molecule has 0 amide bonds. The Morgan fingerprint density at radius 3 is 1.56 bits per heavy atom. The van der Waals surface area contributed by atoms with E-state index in [2.05, 4.69) is 30.8 Å². The minimum atomic E-state index is 0.480. The quantitative estimate of drug-likeness (QED) is 0.711. The average molecular weight is 251 g/mol. The summed E-state index contributed by atoms with van der Waals surface area (Å²) in [5.41, 5.74) is 5.87. The molecular weight excluding hydrogens is 222 g/mol. The summed E-state index contributed by atoms with van der Waals surface area (Å²) < 4.78 is 0. The van der Waals surface area contributed by atoms with Crippen LogP contribution < -0.4 is 5.73 Å². The van der Waals surface area contributed by atoms with Gasteiger partial charge in [0.15, 0.2) is 0 Å². The highest BCUT2D eigenvalue weighted by Crippen LogP contribution is 2.39. The third kappa shape index (κ3) is 2.00. The number of nitrogens with zero attached hydrogens (tertiary/aromatic N) is 2. The number of hydrogen-bond acceptors (Lipinski definition) is 3. The predicted molar refractivity (Wildman–Crippen MR) is 75.5 cm³/mol. The van der Waals surface area contributed by atoms with Crippen molar-refractivity contribution in [1.82, 2.24) is 9.80 Å². The normalized spacial score (nSPS) is 50.7. The van der Waals surface area contributed by atoms with E-state index in [1.54, 1.807) is 0 Å². The third-order valence-electron chi connectivity index (χ3n) is 6.13. The van der Waals surface area contributed by atoms with Crippen molar-refractivity contribution in [3.8, 4) is 0 Å². The number of hydrogen-bond donors (Lipinski definition) is 1. The summed E-state index contributed by atoms with van der Waals surface area (Å²) in [5, 5.41) is 0. The van der Waals surface area contributed by atoms with Crippen molar-refractivity contribution < 1.29 is 0 Å². The van der Waals surface area contributed by atoms with E-state index in [1.165, 1.54) is 38.5 Å². The van der Waals surface area contributed by atoms with E-state index < -0.39 is 0 Å². The van der Waals surface area contributed by atoms with Crippen LogP contribution in [0, 0.1) is 5.92 Å². The molecule has 0 spiro atoms. The van der Waals surface area contributed by atoms with Crippen LogP contribution in [0.25, 0.3) is 0 Å². The second-order valence-corrected chi connectivity index (χ2v) is 7.04. The van der Waals surface area contributed by atoms with Gasteiger partial charge in [-0.25, -0.2) is 0 Å². The van der Waals surface area contributed by atoms with E-state index in [4.69, 9.17) is 5.73 Å². The van der Waals surface area contributed by atoms with Crippen LogP contribution in [0.5, 0.6) is 0 Å². The van der Waals surface area contributed by atoms with E-state index in [0.717, 1.165) is 30.1 Å². The van der Waals surface area contributed by atoms with E-state index in [9.17, 15) is 0 Å². The maximum atomic E-state index is 5.87. The molecule has 0 aliphatic carbocycles. The molecule has 4 fully saturated rings. The van der Waals surface area contributed by atoms with Gasteiger partial charge in [0.05, 0.1) is 0 Å². The maximum Gasteiger partial charge on any atom is 0.0248 e. The van der Waals surface area contributed by atoms with Crippen LogP contribution in [0.3, 0.4) is 0 Å². The molecule has 0 radical (unpaired) electrons. The molecule has 4 saturated heterocycles. The molecule has 18 heavy (non-hydrogen) atoms. The van der Waals surface area contributed by atoms with Gasteiger partial charge in [0.25, 0.3) is 0 Å². The summed E-state index contributed by atoms with van der Waals surface area (Å²) >= 11 is 0. The Morgan fingerprint density at radius 1 is 0.833 bits per heavy atom. The molecule has 3 nitrogen and oxygen atoms in total. The number of fused-ring (bicyclic) bond motifs is 4. The molecule has 0 aromatic carbocycles. The van der Waals surface area contributed by atoms with Gasteiger partial charge >= 0.3 is 0 Å². The molecule has 4 aliphatic rings. The Labute approximate surface area is 112 Å². The zero-order valence-corrected chi connectivity index (χ0v) is 12.2. The van der Waals surface area contributed by atoms with Gasteiger partial charge in [-0.05, 0) is 58.5 Å². The molecule has 0 aromatic rings. The van der Waals surface area contributed by atoms with Gasteiger partial charge in [-0.1, -0.05) is 6.92 Å². The van der Waals surface area contributed by atoms with Crippen molar-refractivity contribution in [3.05, 3.63) is 0 Å². The number of likely N-dealkylation sites (N-methyl/N-ethyl adjacent to an activating group) is 1. The van der Waals surface area contributed by atoms with Crippen LogP contribution in [0.4, 0.5) is 0 Å². The first-order valence-electron chi connectivity index (χ1n) is 7.77. The first kappa shape index (κ1) is 12.9. The summed E-state index contributed by atoms with van der Waals surface area (Å²) in [4.78, 5) is 5.02. The lowest BCUT2D eigenvalue weighted by atomic mass is 9.91. The van der Waals surface area contributed by atoms with Crippen LogP contribution >= 0.6 is 0 Å². The molecule has 4 heterocycles. The molecule has 4 rings (SSSR count). The molecule has 104 valence electrons. The van der Waals surface area contributed by atoms with Gasteiger partial charge in [-0.15, -0.1) is 0 Å². The lowest BCUT2D eigenvalue weighted by Crippen LogP contribution is -2.34. The van der Waals surface area contributed by atoms with Gasteiger partial charge in [0, 0.05) is 30.2 Å². The Hall–Kier alpha value is -0.120. The van der Waals surface area contributed by atoms with E-state index in [-0.39, 0.29) is 0 Å². The smallest absolute Gasteiger partial charge is 0.0248 e. The van der Waals surface area contributed by atoms with Crippen molar-refractivity contribution >= 4 is 0 Å². The fraction of sp³-hybridized carbons (Fsp3) is 1.00. The number of nitrogens with two attached hydrogens (primary N) is 1. The number of rotatable bonds is 0. The molecule has 6 atom stereocenters. The summed E-state index contributed by atoms with van der Waals surface area (Å²) in [6.07, 6.45) is 8.34. The lowest BCUT2D eigenvalue weighted by molar-refractivity contribution is 0.296. The molecule has 0 aromatic heterocycles. The maximum absolute atomic E-state index is 5.87. The molecular formula is C15H29N3. The highest BCUT2D eigenvalue weighted by molar-refractivity contribution is 5.00. The topological polar surface area (TPSA) is 32.5 Å². The summed E-state index contributed by atoms with van der Waals surface area (Å²) in [6, 6.07) is 3.91. The Bertz CT molecular complexity index is 276. The van der Waals surface area contributed by atoms with E-state index >= 15 is 0 Å². The molecule has 3 heteroatoms. The SMILES string of the molecule is CN1[C@@H]2CC[C@H]1[C@@H](N)C2.C[C@@H]1C[C@@H]2CC[C@H]1N2C. The van der Waals surface area contributed by atoms with Crippen LogP contribution in [0.1, 0.15) is 45.4 Å². The van der Waals surface area contributed by atoms with Crippen LogP contribution in [-0.4, -0.2) is 54.1 Å². The standard InChI is InChI=1S/C8H15N.C7H14N2/c1-6-5-7-3-4-8(6)9(7)2;1-9-5-2-3-7(9)6(8)4-5/h6-8H,3-5H2,1-2H3;5-7H,2-4,8H2,1H3/t6-,7+,8-;5-,6+,7+/m11/s1.